The van der Waals surface area contributed by atoms with Crippen molar-refractivity contribution in [3.8, 4) is 28.9 Å². The molecule has 5 N–H and O–H groups in total. The molecule has 1 atom stereocenters. The number of aromatic hydroxyl groups is 2. The number of hydrogen-bond donors (Lipinski definition) is 5. The molecule has 3 heterocycles. The van der Waals surface area contributed by atoms with Gasteiger partial charge < -0.3 is 29.4 Å². The lowest BCUT2D eigenvalue weighted by atomic mass is 9.84. The topological polar surface area (TPSA) is 167 Å². The van der Waals surface area contributed by atoms with Crippen molar-refractivity contribution in [2.45, 2.75) is 5.92 Å². The Bertz CT molecular complexity index is 2130. The molecule has 5 aromatic rings. The molecule has 45 heavy (non-hydrogen) atoms. The van der Waals surface area contributed by atoms with Crippen LogP contribution in [0, 0.1) is 0 Å². The number of H-pyrrole nitrogens is 3. The number of aromatic nitrogens is 3. The first-order valence-corrected chi connectivity index (χ1v) is 13.8. The van der Waals surface area contributed by atoms with E-state index in [0.717, 1.165) is 10.9 Å². The molecule has 0 aliphatic carbocycles. The monoisotopic (exact) mass is 605 g/mol. The number of phenolic OH excluding ortho intramolecular Hbond substituents is 2. The third kappa shape index (κ3) is 5.62. The van der Waals surface area contributed by atoms with Gasteiger partial charge in [-0.15, -0.1) is 0 Å². The van der Waals surface area contributed by atoms with E-state index in [4.69, 9.17) is 14.2 Å². The highest BCUT2D eigenvalue weighted by molar-refractivity contribution is 6.09. The molecule has 0 radical (unpaired) electrons. The fraction of sp³-hybridized carbons (Fsp3) is 0.0882. The van der Waals surface area contributed by atoms with E-state index < -0.39 is 23.0 Å². The minimum Gasteiger partial charge on any atom is -0.504 e. The van der Waals surface area contributed by atoms with Gasteiger partial charge in [-0.1, -0.05) is 42.5 Å². The van der Waals surface area contributed by atoms with E-state index in [1.54, 1.807) is 30.3 Å². The fourth-order valence-electron chi connectivity index (χ4n) is 5.27. The minimum atomic E-state index is -0.980. The van der Waals surface area contributed by atoms with Crippen molar-refractivity contribution < 1.29 is 29.2 Å². The number of aromatic amines is 3. The number of para-hydroxylation sites is 1. The number of methoxy groups -OCH3 is 2. The van der Waals surface area contributed by atoms with Crippen molar-refractivity contribution >= 4 is 28.8 Å². The summed E-state index contributed by atoms with van der Waals surface area (Å²) in [4.78, 5) is 47.8. The number of carbonyl (C=O) groups excluding carboxylic acids is 1. The Morgan fingerprint density at radius 1 is 0.822 bits per heavy atom. The predicted molar refractivity (Wildman–Crippen MR) is 168 cm³/mol. The number of nitrogens with one attached hydrogen (secondary N) is 3. The molecule has 0 bridgehead atoms. The van der Waals surface area contributed by atoms with Gasteiger partial charge in [-0.25, -0.2) is 4.79 Å². The third-order valence-electron chi connectivity index (χ3n) is 7.39. The van der Waals surface area contributed by atoms with E-state index in [1.807, 2.05) is 30.3 Å². The van der Waals surface area contributed by atoms with Crippen LogP contribution in [0.1, 0.15) is 28.3 Å². The van der Waals surface area contributed by atoms with Crippen molar-refractivity contribution in [3.05, 3.63) is 133 Å². The molecule has 11 heteroatoms. The normalized spacial score (nSPS) is 14.6. The summed E-state index contributed by atoms with van der Waals surface area (Å²) in [6.07, 6.45) is 5.98. The second kappa shape index (κ2) is 11.8. The summed E-state index contributed by atoms with van der Waals surface area (Å²) in [5, 5.41) is 21.3. The highest BCUT2D eigenvalue weighted by atomic mass is 16.5. The Balaban J connectivity index is 1.54. The smallest absolute Gasteiger partial charge is 0.328 e. The maximum Gasteiger partial charge on any atom is 0.328 e. The van der Waals surface area contributed by atoms with Gasteiger partial charge in [-0.05, 0) is 65.1 Å². The molecule has 0 amide bonds. The predicted octanol–water partition coefficient (Wildman–Crippen LogP) is 4.75. The first-order valence-electron chi connectivity index (χ1n) is 13.8. The fourth-order valence-corrected chi connectivity index (χ4v) is 5.27. The number of ether oxygens (including phenoxy) is 3. The average molecular weight is 606 g/mol. The largest absolute Gasteiger partial charge is 0.504 e. The Hall–Kier alpha value is -6.23. The number of rotatable bonds is 8. The summed E-state index contributed by atoms with van der Waals surface area (Å²) in [5.74, 6) is -1.14. The van der Waals surface area contributed by atoms with E-state index in [2.05, 4.69) is 15.0 Å². The van der Waals surface area contributed by atoms with Crippen LogP contribution >= 0.6 is 0 Å². The zero-order valence-corrected chi connectivity index (χ0v) is 24.1. The van der Waals surface area contributed by atoms with Gasteiger partial charge in [0.25, 0.3) is 5.56 Å². The van der Waals surface area contributed by atoms with E-state index >= 15 is 0 Å². The zero-order chi connectivity index (χ0) is 31.7. The third-order valence-corrected chi connectivity index (χ3v) is 7.39. The summed E-state index contributed by atoms with van der Waals surface area (Å²) >= 11 is 0. The van der Waals surface area contributed by atoms with Crippen LogP contribution in [0.4, 0.5) is 0 Å². The second-order valence-corrected chi connectivity index (χ2v) is 10.2. The van der Waals surface area contributed by atoms with E-state index in [-0.39, 0.29) is 45.8 Å². The minimum absolute atomic E-state index is 0.0410. The van der Waals surface area contributed by atoms with Gasteiger partial charge >= 0.3 is 5.69 Å². The molecule has 226 valence electrons. The molecule has 1 aliphatic heterocycles. The number of carbonyl (C=O) groups is 1. The summed E-state index contributed by atoms with van der Waals surface area (Å²) in [7, 11) is 2.87. The van der Waals surface area contributed by atoms with Crippen molar-refractivity contribution in [2.75, 3.05) is 14.2 Å². The lowest BCUT2D eigenvalue weighted by molar-refractivity contribution is -0.111. The molecule has 1 aliphatic rings. The average Bonchev–Trinajstić information content (AvgIpc) is 3.46. The molecule has 2 aromatic heterocycles. The van der Waals surface area contributed by atoms with Crippen LogP contribution in [0.2, 0.25) is 0 Å². The number of hydrogen-bond acceptors (Lipinski definition) is 8. The SMILES string of the molecule is COc1ccc(/C=C/C(=O)C2=C(/C=C/c3ccc(OC)c(O)c3)Oc3[nH]c(=O)[nH]c(=O)c3C2c2cc3ccccc3[nH]2)cc1O. The summed E-state index contributed by atoms with van der Waals surface area (Å²) in [5.41, 5.74) is 1.05. The highest BCUT2D eigenvalue weighted by Crippen LogP contribution is 2.42. The van der Waals surface area contributed by atoms with Crippen molar-refractivity contribution in [2.24, 2.45) is 0 Å². The molecule has 11 nitrogen and oxygen atoms in total. The summed E-state index contributed by atoms with van der Waals surface area (Å²) in [6.45, 7) is 0. The van der Waals surface area contributed by atoms with Crippen molar-refractivity contribution in [1.29, 1.82) is 0 Å². The van der Waals surface area contributed by atoms with Gasteiger partial charge in [-0.2, -0.15) is 0 Å². The van der Waals surface area contributed by atoms with Crippen LogP contribution < -0.4 is 25.5 Å². The maximum atomic E-state index is 14.1. The van der Waals surface area contributed by atoms with E-state index in [0.29, 0.717) is 16.8 Å². The first-order chi connectivity index (χ1) is 21.7. The number of allylic oxidation sites excluding steroid dienone is 3. The molecule has 0 spiro atoms. The summed E-state index contributed by atoms with van der Waals surface area (Å²) in [6, 6.07) is 18.8. The first kappa shape index (κ1) is 28.9. The number of phenols is 2. The quantitative estimate of drug-likeness (QED) is 0.158. The van der Waals surface area contributed by atoms with Crippen LogP contribution in [0.5, 0.6) is 28.9 Å². The molecule has 3 aromatic carbocycles. The number of benzene rings is 3. The Morgan fingerprint density at radius 3 is 2.13 bits per heavy atom. The van der Waals surface area contributed by atoms with Crippen LogP contribution in [0.25, 0.3) is 23.1 Å². The van der Waals surface area contributed by atoms with Gasteiger partial charge in [-0.3, -0.25) is 19.6 Å². The maximum absolute atomic E-state index is 14.1. The zero-order valence-electron chi connectivity index (χ0n) is 24.1. The van der Waals surface area contributed by atoms with Crippen LogP contribution in [0.3, 0.4) is 0 Å². The lowest BCUT2D eigenvalue weighted by Crippen LogP contribution is -2.33. The molecule has 1 unspecified atom stereocenters. The standard InChI is InChI=1S/C34H27N3O8/c1-43-26-12-8-18(15-24(26)39)7-11-23(38)30-28(14-10-19-9-13-27(44-2)25(40)16-19)45-33-31(32(41)36-34(42)37-33)29(30)22-17-20-5-3-4-6-21(20)35-22/h3-17,29,35,39-40H,1-2H3,(H2,36,37,41,42)/b11-7+,14-10+. The molecule has 0 saturated heterocycles. The highest BCUT2D eigenvalue weighted by Gasteiger charge is 2.37. The van der Waals surface area contributed by atoms with E-state index in [9.17, 15) is 24.6 Å². The van der Waals surface area contributed by atoms with Gasteiger partial charge in [0.2, 0.25) is 5.88 Å². The Morgan fingerprint density at radius 2 is 1.49 bits per heavy atom. The molecular formula is C34H27N3O8. The van der Waals surface area contributed by atoms with Crippen molar-refractivity contribution in [1.82, 2.24) is 15.0 Å². The van der Waals surface area contributed by atoms with Gasteiger partial charge in [0.1, 0.15) is 5.76 Å². The molecule has 6 rings (SSSR count). The Kier molecular flexibility index (Phi) is 7.57. The van der Waals surface area contributed by atoms with Crippen LogP contribution in [-0.2, 0) is 4.79 Å². The number of fused-ring (bicyclic) bond motifs is 2. The van der Waals surface area contributed by atoms with Crippen molar-refractivity contribution in [3.63, 3.8) is 0 Å². The summed E-state index contributed by atoms with van der Waals surface area (Å²) < 4.78 is 16.3. The van der Waals surface area contributed by atoms with Crippen LogP contribution in [-0.4, -0.2) is 45.2 Å². The van der Waals surface area contributed by atoms with Gasteiger partial charge in [0, 0.05) is 11.2 Å². The van der Waals surface area contributed by atoms with Gasteiger partial charge in [0.05, 0.1) is 31.3 Å². The Labute approximate surface area is 255 Å². The van der Waals surface area contributed by atoms with E-state index in [1.165, 1.54) is 44.6 Å². The molecule has 0 saturated carbocycles. The lowest BCUT2D eigenvalue weighted by Gasteiger charge is -2.27. The second-order valence-electron chi connectivity index (χ2n) is 10.2. The number of ketones is 1. The molecular weight excluding hydrogens is 578 g/mol. The van der Waals surface area contributed by atoms with Crippen LogP contribution in [0.15, 0.2) is 99.8 Å². The van der Waals surface area contributed by atoms with Gasteiger partial charge in [0.15, 0.2) is 28.8 Å². The molecule has 0 fully saturated rings.